The van der Waals surface area contributed by atoms with Gasteiger partial charge >= 0.3 is 12.4 Å². The zero-order valence-corrected chi connectivity index (χ0v) is 11.3. The van der Waals surface area contributed by atoms with Crippen molar-refractivity contribution in [1.29, 1.82) is 0 Å². The van der Waals surface area contributed by atoms with Gasteiger partial charge in [-0.15, -0.1) is 15.3 Å². The molecule has 22 heavy (non-hydrogen) atoms. The first-order valence-corrected chi connectivity index (χ1v) is 6.23. The first-order chi connectivity index (χ1) is 10.1. The molecule has 122 valence electrons. The van der Waals surface area contributed by atoms with Gasteiger partial charge in [0.25, 0.3) is 5.82 Å². The summed E-state index contributed by atoms with van der Waals surface area (Å²) < 4.78 is 75.5. The summed E-state index contributed by atoms with van der Waals surface area (Å²) in [5.41, 5.74) is -0.136. The van der Waals surface area contributed by atoms with Crippen LogP contribution < -0.4 is 4.90 Å². The van der Waals surface area contributed by atoms with E-state index in [9.17, 15) is 26.3 Å². The number of aromatic nitrogens is 4. The number of anilines is 1. The van der Waals surface area contributed by atoms with Crippen LogP contribution in [0.4, 0.5) is 32.2 Å². The highest BCUT2D eigenvalue weighted by Gasteiger charge is 2.37. The summed E-state index contributed by atoms with van der Waals surface area (Å²) in [6, 6.07) is 2.53. The second-order valence-corrected chi connectivity index (χ2v) is 4.43. The molecule has 0 amide bonds. The van der Waals surface area contributed by atoms with E-state index in [1.165, 1.54) is 17.0 Å². The van der Waals surface area contributed by atoms with Gasteiger partial charge in [-0.3, -0.25) is 0 Å². The number of fused-ring (bicyclic) bond motifs is 1. The van der Waals surface area contributed by atoms with Crippen molar-refractivity contribution in [2.24, 2.45) is 0 Å². The van der Waals surface area contributed by atoms with E-state index in [2.05, 4.69) is 15.3 Å². The van der Waals surface area contributed by atoms with Gasteiger partial charge in [-0.2, -0.15) is 30.9 Å². The van der Waals surface area contributed by atoms with E-state index in [-0.39, 0.29) is 18.0 Å². The monoisotopic (exact) mass is 327 g/mol. The highest BCUT2D eigenvalue weighted by molar-refractivity contribution is 5.45. The van der Waals surface area contributed by atoms with Crippen LogP contribution >= 0.6 is 0 Å². The van der Waals surface area contributed by atoms with E-state index >= 15 is 0 Å². The van der Waals surface area contributed by atoms with E-state index in [1.54, 1.807) is 6.92 Å². The van der Waals surface area contributed by atoms with Gasteiger partial charge in [0.2, 0.25) is 0 Å². The Balaban J connectivity index is 2.34. The van der Waals surface area contributed by atoms with Gasteiger partial charge in [0.15, 0.2) is 5.65 Å². The molecular formula is C11H11F6N5. The Bertz CT molecular complexity index is 646. The Kier molecular flexibility index (Phi) is 4.16. The first-order valence-electron chi connectivity index (χ1n) is 6.23. The topological polar surface area (TPSA) is 46.3 Å². The SMILES string of the molecule is CCN(CCC(F)(F)F)c1ccc2nnc(C(F)(F)F)n2n1. The van der Waals surface area contributed by atoms with Crippen molar-refractivity contribution in [1.82, 2.24) is 19.8 Å². The van der Waals surface area contributed by atoms with Crippen molar-refractivity contribution in [3.8, 4) is 0 Å². The molecule has 0 unspecified atom stereocenters. The predicted molar refractivity (Wildman–Crippen MR) is 64.3 cm³/mol. The smallest absolute Gasteiger partial charge is 0.355 e. The summed E-state index contributed by atoms with van der Waals surface area (Å²) in [4.78, 5) is 1.23. The summed E-state index contributed by atoms with van der Waals surface area (Å²) in [5.74, 6) is -1.33. The van der Waals surface area contributed by atoms with Crippen LogP contribution in [0.15, 0.2) is 12.1 Å². The van der Waals surface area contributed by atoms with Crippen LogP contribution in [0.3, 0.4) is 0 Å². The minimum atomic E-state index is -4.76. The summed E-state index contributed by atoms with van der Waals surface area (Å²) in [6.45, 7) is 1.35. The van der Waals surface area contributed by atoms with Crippen molar-refractivity contribution < 1.29 is 26.3 Å². The molecule has 0 fully saturated rings. The summed E-state index contributed by atoms with van der Waals surface area (Å²) in [6.07, 6.45) is -10.2. The molecule has 2 heterocycles. The molecular weight excluding hydrogens is 316 g/mol. The zero-order chi connectivity index (χ0) is 16.5. The van der Waals surface area contributed by atoms with Gasteiger partial charge in [-0.25, -0.2) is 0 Å². The van der Waals surface area contributed by atoms with Gasteiger partial charge in [0.1, 0.15) is 5.82 Å². The maximum Gasteiger partial charge on any atom is 0.453 e. The highest BCUT2D eigenvalue weighted by Crippen LogP contribution is 2.28. The number of rotatable bonds is 4. The second-order valence-electron chi connectivity index (χ2n) is 4.43. The fourth-order valence-corrected chi connectivity index (χ4v) is 1.82. The number of halogens is 6. The third-order valence-corrected chi connectivity index (χ3v) is 2.87. The van der Waals surface area contributed by atoms with E-state index in [0.29, 0.717) is 4.52 Å². The van der Waals surface area contributed by atoms with Crippen LogP contribution in [-0.4, -0.2) is 39.1 Å². The third-order valence-electron chi connectivity index (χ3n) is 2.87. The molecule has 0 aliphatic carbocycles. The van der Waals surface area contributed by atoms with Gasteiger partial charge in [0, 0.05) is 13.1 Å². The molecule has 0 atom stereocenters. The molecule has 0 spiro atoms. The van der Waals surface area contributed by atoms with Crippen molar-refractivity contribution in [2.45, 2.75) is 25.7 Å². The maximum absolute atomic E-state index is 12.7. The fourth-order valence-electron chi connectivity index (χ4n) is 1.82. The Morgan fingerprint density at radius 3 is 2.32 bits per heavy atom. The minimum absolute atomic E-state index is 0.00968. The maximum atomic E-state index is 12.7. The van der Waals surface area contributed by atoms with E-state index in [1.807, 2.05) is 0 Å². The molecule has 2 aromatic rings. The zero-order valence-electron chi connectivity index (χ0n) is 11.3. The molecule has 11 heteroatoms. The van der Waals surface area contributed by atoms with Gasteiger partial charge in [-0.05, 0) is 19.1 Å². The molecule has 0 N–H and O–H groups in total. The predicted octanol–water partition coefficient (Wildman–Crippen LogP) is 2.92. The Hall–Kier alpha value is -2.07. The molecule has 0 aromatic carbocycles. The Labute approximate surface area is 120 Å². The van der Waals surface area contributed by atoms with Crippen LogP contribution in [0.1, 0.15) is 19.2 Å². The molecule has 2 aromatic heterocycles. The number of alkyl halides is 6. The largest absolute Gasteiger partial charge is 0.453 e. The van der Waals surface area contributed by atoms with Crippen LogP contribution in [0.2, 0.25) is 0 Å². The lowest BCUT2D eigenvalue weighted by atomic mass is 10.3. The third kappa shape index (κ3) is 3.57. The quantitative estimate of drug-likeness (QED) is 0.810. The molecule has 0 bridgehead atoms. The highest BCUT2D eigenvalue weighted by atomic mass is 19.4. The van der Waals surface area contributed by atoms with Gasteiger partial charge < -0.3 is 4.90 Å². The molecule has 0 aliphatic heterocycles. The van der Waals surface area contributed by atoms with Crippen LogP contribution in [0, 0.1) is 0 Å². The summed E-state index contributed by atoms with van der Waals surface area (Å²) >= 11 is 0. The van der Waals surface area contributed by atoms with Crippen molar-refractivity contribution in [2.75, 3.05) is 18.0 Å². The van der Waals surface area contributed by atoms with Gasteiger partial charge in [0.05, 0.1) is 6.42 Å². The minimum Gasteiger partial charge on any atom is -0.355 e. The molecule has 2 rings (SSSR count). The van der Waals surface area contributed by atoms with Crippen LogP contribution in [0.5, 0.6) is 0 Å². The molecule has 0 aliphatic rings. The fraction of sp³-hybridized carbons (Fsp3) is 0.545. The lowest BCUT2D eigenvalue weighted by molar-refractivity contribution is -0.146. The van der Waals surface area contributed by atoms with Crippen molar-refractivity contribution in [3.63, 3.8) is 0 Å². The molecule has 0 saturated carbocycles. The number of hydrogen-bond donors (Lipinski definition) is 0. The lowest BCUT2D eigenvalue weighted by Crippen LogP contribution is -2.29. The molecule has 0 saturated heterocycles. The van der Waals surface area contributed by atoms with Crippen LogP contribution in [0.25, 0.3) is 5.65 Å². The summed E-state index contributed by atoms with van der Waals surface area (Å²) in [5, 5.41) is 10.0. The van der Waals surface area contributed by atoms with Crippen molar-refractivity contribution >= 4 is 11.5 Å². The standard InChI is InChI=1S/C11H11F6N5/c1-2-21(6-5-10(12,13)14)8-4-3-7-18-19-9(11(15,16)17)22(7)20-8/h3-4H,2,5-6H2,1H3. The molecule has 0 radical (unpaired) electrons. The van der Waals surface area contributed by atoms with Crippen LogP contribution in [-0.2, 0) is 6.18 Å². The summed E-state index contributed by atoms with van der Waals surface area (Å²) in [7, 11) is 0. The van der Waals surface area contributed by atoms with E-state index in [0.717, 1.165) is 0 Å². The molecule has 5 nitrogen and oxygen atoms in total. The average Bonchev–Trinajstić information content (AvgIpc) is 2.81. The second kappa shape index (κ2) is 5.61. The normalized spacial score (nSPS) is 12.9. The first kappa shape index (κ1) is 16.3. The number of hydrogen-bond acceptors (Lipinski definition) is 4. The Morgan fingerprint density at radius 2 is 1.77 bits per heavy atom. The van der Waals surface area contributed by atoms with E-state index < -0.39 is 31.1 Å². The average molecular weight is 327 g/mol. The van der Waals surface area contributed by atoms with Crippen molar-refractivity contribution in [3.05, 3.63) is 18.0 Å². The lowest BCUT2D eigenvalue weighted by Gasteiger charge is -2.22. The van der Waals surface area contributed by atoms with E-state index in [4.69, 9.17) is 0 Å². The number of nitrogens with zero attached hydrogens (tertiary/aromatic N) is 5. The van der Waals surface area contributed by atoms with Gasteiger partial charge in [-0.1, -0.05) is 0 Å². The Morgan fingerprint density at radius 1 is 1.09 bits per heavy atom.